The van der Waals surface area contributed by atoms with Crippen LogP contribution in [-0.2, 0) is 9.59 Å². The Hall–Kier alpha value is -3.87. The molecule has 2 aromatic carbocycles. The lowest BCUT2D eigenvalue weighted by Crippen LogP contribution is -2.49. The summed E-state index contributed by atoms with van der Waals surface area (Å²) in [7, 11) is 0. The molecule has 176 valence electrons. The number of hydrogen-bond donors (Lipinski definition) is 2. The fraction of sp³-hybridized carbons (Fsp3) is 0.296. The standard InChI is InChI=1S/C27H29N3O4/c1-19-10-5-8-15-22(19)30(24(31)18-28-26(32)23-16-9-17-34-23)25(20-11-3-2-4-12-20)27(33)29-21-13-6-7-14-21/h2-5,8-12,15-17,21,25H,6-7,13-14,18H2,1H3,(H,28,32)(H,29,33)/t25-/m1/s1. The third kappa shape index (κ3) is 5.36. The summed E-state index contributed by atoms with van der Waals surface area (Å²) < 4.78 is 5.12. The number of furan rings is 1. The molecule has 0 radical (unpaired) electrons. The normalized spacial score (nSPS) is 14.4. The van der Waals surface area contributed by atoms with Crippen molar-refractivity contribution < 1.29 is 18.8 Å². The first kappa shape index (κ1) is 23.3. The van der Waals surface area contributed by atoms with Gasteiger partial charge in [0.05, 0.1) is 12.8 Å². The number of carbonyl (C=O) groups is 3. The lowest BCUT2D eigenvalue weighted by atomic mass is 10.0. The van der Waals surface area contributed by atoms with Crippen molar-refractivity contribution in [2.75, 3.05) is 11.4 Å². The number of amides is 3. The Kier molecular flexibility index (Phi) is 7.42. The van der Waals surface area contributed by atoms with Crippen LogP contribution >= 0.6 is 0 Å². The minimum absolute atomic E-state index is 0.103. The third-order valence-electron chi connectivity index (χ3n) is 6.11. The second-order valence-corrected chi connectivity index (χ2v) is 8.51. The summed E-state index contributed by atoms with van der Waals surface area (Å²) in [5.74, 6) is -1.000. The van der Waals surface area contributed by atoms with Gasteiger partial charge in [-0.05, 0) is 49.1 Å². The Morgan fingerprint density at radius 3 is 2.35 bits per heavy atom. The lowest BCUT2D eigenvalue weighted by Gasteiger charge is -2.33. The van der Waals surface area contributed by atoms with Crippen LogP contribution in [-0.4, -0.2) is 30.3 Å². The first-order valence-electron chi connectivity index (χ1n) is 11.6. The molecule has 1 aliphatic carbocycles. The number of aryl methyl sites for hydroxylation is 1. The molecule has 3 aromatic rings. The number of carbonyl (C=O) groups excluding carboxylic acids is 3. The van der Waals surface area contributed by atoms with Crippen LogP contribution in [0.3, 0.4) is 0 Å². The van der Waals surface area contributed by atoms with Crippen molar-refractivity contribution in [3.63, 3.8) is 0 Å². The second kappa shape index (κ2) is 10.8. The number of anilines is 1. The smallest absolute Gasteiger partial charge is 0.287 e. The number of nitrogens with one attached hydrogen (secondary N) is 2. The number of nitrogens with zero attached hydrogens (tertiary/aromatic N) is 1. The van der Waals surface area contributed by atoms with Crippen LogP contribution in [0.25, 0.3) is 0 Å². The Morgan fingerprint density at radius 1 is 0.971 bits per heavy atom. The van der Waals surface area contributed by atoms with Crippen LogP contribution in [0.5, 0.6) is 0 Å². The van der Waals surface area contributed by atoms with E-state index in [-0.39, 0.29) is 24.3 Å². The highest BCUT2D eigenvalue weighted by molar-refractivity contribution is 6.04. The van der Waals surface area contributed by atoms with E-state index in [1.807, 2.05) is 61.5 Å². The summed E-state index contributed by atoms with van der Waals surface area (Å²) in [6.45, 7) is 1.61. The zero-order valence-corrected chi connectivity index (χ0v) is 19.2. The summed E-state index contributed by atoms with van der Waals surface area (Å²) >= 11 is 0. The minimum Gasteiger partial charge on any atom is -0.459 e. The SMILES string of the molecule is Cc1ccccc1N(C(=O)CNC(=O)c1ccco1)[C@@H](C(=O)NC1CCCC1)c1ccccc1. The molecule has 1 atom stereocenters. The quantitative estimate of drug-likeness (QED) is 0.529. The van der Waals surface area contributed by atoms with E-state index in [9.17, 15) is 14.4 Å². The average molecular weight is 460 g/mol. The van der Waals surface area contributed by atoms with E-state index in [2.05, 4.69) is 10.6 Å². The van der Waals surface area contributed by atoms with Gasteiger partial charge in [-0.1, -0.05) is 61.4 Å². The third-order valence-corrected chi connectivity index (χ3v) is 6.11. The fourth-order valence-electron chi connectivity index (χ4n) is 4.39. The van der Waals surface area contributed by atoms with E-state index >= 15 is 0 Å². The highest BCUT2D eigenvalue weighted by Crippen LogP contribution is 2.31. The van der Waals surface area contributed by atoms with Crippen LogP contribution in [0.1, 0.15) is 53.4 Å². The summed E-state index contributed by atoms with van der Waals surface area (Å²) in [4.78, 5) is 41.2. The van der Waals surface area contributed by atoms with Gasteiger partial charge in [-0.25, -0.2) is 0 Å². The topological polar surface area (TPSA) is 91.7 Å². The number of hydrogen-bond acceptors (Lipinski definition) is 4. The Morgan fingerprint density at radius 2 is 1.68 bits per heavy atom. The van der Waals surface area contributed by atoms with Gasteiger partial charge in [-0.2, -0.15) is 0 Å². The van der Waals surface area contributed by atoms with Crippen molar-refractivity contribution in [3.8, 4) is 0 Å². The molecule has 7 nitrogen and oxygen atoms in total. The number of para-hydroxylation sites is 1. The molecule has 1 aromatic heterocycles. The van der Waals surface area contributed by atoms with Crippen LogP contribution < -0.4 is 15.5 Å². The molecule has 1 fully saturated rings. The zero-order chi connectivity index (χ0) is 23.9. The zero-order valence-electron chi connectivity index (χ0n) is 19.2. The van der Waals surface area contributed by atoms with Crippen molar-refractivity contribution >= 4 is 23.4 Å². The fourth-order valence-corrected chi connectivity index (χ4v) is 4.39. The first-order chi connectivity index (χ1) is 16.5. The Balaban J connectivity index is 1.67. The minimum atomic E-state index is -0.879. The Bertz CT molecular complexity index is 1120. The molecule has 3 amide bonds. The maximum absolute atomic E-state index is 13.6. The maximum Gasteiger partial charge on any atom is 0.287 e. The van der Waals surface area contributed by atoms with Crippen LogP contribution in [0.4, 0.5) is 5.69 Å². The van der Waals surface area contributed by atoms with E-state index < -0.39 is 17.9 Å². The van der Waals surface area contributed by atoms with Gasteiger partial charge < -0.3 is 15.1 Å². The van der Waals surface area contributed by atoms with Gasteiger partial charge in [0.2, 0.25) is 11.8 Å². The largest absolute Gasteiger partial charge is 0.459 e. The molecule has 0 unspecified atom stereocenters. The van der Waals surface area contributed by atoms with Crippen molar-refractivity contribution in [1.82, 2.24) is 10.6 Å². The van der Waals surface area contributed by atoms with Crippen molar-refractivity contribution in [3.05, 3.63) is 89.9 Å². The van der Waals surface area contributed by atoms with Gasteiger partial charge in [0.25, 0.3) is 5.91 Å². The van der Waals surface area contributed by atoms with Crippen LogP contribution in [0.15, 0.2) is 77.4 Å². The van der Waals surface area contributed by atoms with Crippen molar-refractivity contribution in [1.29, 1.82) is 0 Å². The second-order valence-electron chi connectivity index (χ2n) is 8.51. The summed E-state index contributed by atoms with van der Waals surface area (Å²) in [5, 5.41) is 5.77. The Labute approximate surface area is 199 Å². The van der Waals surface area contributed by atoms with Crippen LogP contribution in [0, 0.1) is 6.92 Å². The molecule has 1 saturated carbocycles. The predicted octanol–water partition coefficient (Wildman–Crippen LogP) is 4.15. The van der Waals surface area contributed by atoms with E-state index in [0.29, 0.717) is 11.3 Å². The lowest BCUT2D eigenvalue weighted by molar-refractivity contribution is -0.126. The maximum atomic E-state index is 13.6. The molecular weight excluding hydrogens is 430 g/mol. The summed E-state index contributed by atoms with van der Waals surface area (Å²) in [6, 6.07) is 19.1. The molecule has 0 spiro atoms. The molecule has 0 bridgehead atoms. The van der Waals surface area contributed by atoms with Gasteiger partial charge in [0.1, 0.15) is 6.04 Å². The van der Waals surface area contributed by atoms with Gasteiger partial charge >= 0.3 is 0 Å². The highest BCUT2D eigenvalue weighted by Gasteiger charge is 2.34. The molecule has 0 saturated heterocycles. The van der Waals surface area contributed by atoms with Gasteiger partial charge in [0.15, 0.2) is 5.76 Å². The van der Waals surface area contributed by atoms with E-state index in [1.54, 1.807) is 6.07 Å². The van der Waals surface area contributed by atoms with E-state index in [1.165, 1.54) is 17.2 Å². The first-order valence-corrected chi connectivity index (χ1v) is 11.6. The van der Waals surface area contributed by atoms with Gasteiger partial charge in [0, 0.05) is 11.7 Å². The van der Waals surface area contributed by atoms with Gasteiger partial charge in [-0.15, -0.1) is 0 Å². The molecule has 4 rings (SSSR count). The van der Waals surface area contributed by atoms with Crippen LogP contribution in [0.2, 0.25) is 0 Å². The van der Waals surface area contributed by atoms with E-state index in [0.717, 1.165) is 31.2 Å². The average Bonchev–Trinajstić information content (AvgIpc) is 3.56. The van der Waals surface area contributed by atoms with Gasteiger partial charge in [-0.3, -0.25) is 19.3 Å². The summed E-state index contributed by atoms with van der Waals surface area (Å²) in [6.07, 6.45) is 5.44. The number of benzene rings is 2. The number of rotatable bonds is 8. The van der Waals surface area contributed by atoms with E-state index in [4.69, 9.17) is 4.42 Å². The molecule has 2 N–H and O–H groups in total. The monoisotopic (exact) mass is 459 g/mol. The molecule has 7 heteroatoms. The molecule has 0 aliphatic heterocycles. The van der Waals surface area contributed by atoms with Crippen molar-refractivity contribution in [2.45, 2.75) is 44.7 Å². The van der Waals surface area contributed by atoms with Crippen molar-refractivity contribution in [2.24, 2.45) is 0 Å². The summed E-state index contributed by atoms with van der Waals surface area (Å²) in [5.41, 5.74) is 2.17. The molecule has 1 aliphatic rings. The predicted molar refractivity (Wildman–Crippen MR) is 129 cm³/mol. The molecule has 1 heterocycles. The highest BCUT2D eigenvalue weighted by atomic mass is 16.3. The molecular formula is C27H29N3O4. The molecule has 34 heavy (non-hydrogen) atoms.